The molecular formula is C31H48N2O2. The maximum Gasteiger partial charge on any atom is 0.226 e. The van der Waals surface area contributed by atoms with Crippen LogP contribution in [-0.4, -0.2) is 29.8 Å². The Bertz CT molecular complexity index is 824. The van der Waals surface area contributed by atoms with Crippen molar-refractivity contribution >= 4 is 11.8 Å². The second kappa shape index (κ2) is 11.9. The van der Waals surface area contributed by atoms with Crippen molar-refractivity contribution < 1.29 is 9.59 Å². The van der Waals surface area contributed by atoms with Crippen LogP contribution in [0.1, 0.15) is 109 Å². The molecule has 0 radical (unpaired) electrons. The number of likely N-dealkylation sites (tertiary alicyclic amines) is 1. The molecule has 194 valence electrons. The van der Waals surface area contributed by atoms with Crippen molar-refractivity contribution in [3.05, 3.63) is 35.9 Å². The van der Waals surface area contributed by atoms with Gasteiger partial charge in [0, 0.05) is 31.5 Å². The van der Waals surface area contributed by atoms with Crippen molar-refractivity contribution in [2.75, 3.05) is 13.1 Å². The van der Waals surface area contributed by atoms with Crippen LogP contribution >= 0.6 is 0 Å². The molecule has 2 saturated heterocycles. The first-order chi connectivity index (χ1) is 16.9. The van der Waals surface area contributed by atoms with E-state index in [-0.39, 0.29) is 5.92 Å². The molecule has 35 heavy (non-hydrogen) atoms. The monoisotopic (exact) mass is 480 g/mol. The summed E-state index contributed by atoms with van der Waals surface area (Å²) in [6.07, 6.45) is 17.9. The summed E-state index contributed by atoms with van der Waals surface area (Å²) in [5.41, 5.74) is 2.13. The maximum atomic E-state index is 12.7. The lowest BCUT2D eigenvalue weighted by molar-refractivity contribution is -0.132. The van der Waals surface area contributed by atoms with Gasteiger partial charge in [0.15, 0.2) is 0 Å². The Morgan fingerprint density at radius 3 is 1.91 bits per heavy atom. The van der Waals surface area contributed by atoms with Crippen molar-refractivity contribution in [3.8, 4) is 0 Å². The Hall–Kier alpha value is -1.84. The fourth-order valence-corrected chi connectivity index (χ4v) is 7.20. The van der Waals surface area contributed by atoms with Gasteiger partial charge >= 0.3 is 0 Å². The molecule has 2 saturated carbocycles. The maximum absolute atomic E-state index is 12.7. The van der Waals surface area contributed by atoms with Crippen molar-refractivity contribution in [2.45, 2.75) is 110 Å². The molecule has 4 fully saturated rings. The van der Waals surface area contributed by atoms with Gasteiger partial charge in [-0.25, -0.2) is 0 Å². The lowest BCUT2D eigenvalue weighted by Gasteiger charge is -2.35. The van der Waals surface area contributed by atoms with Gasteiger partial charge in [-0.3, -0.25) is 9.59 Å². The lowest BCUT2D eigenvalue weighted by Crippen LogP contribution is -2.30. The molecule has 5 rings (SSSR count). The molecule has 0 spiro atoms. The average Bonchev–Trinajstić information content (AvgIpc) is 3.40. The molecule has 1 aromatic carbocycles. The molecule has 0 bridgehead atoms. The minimum atomic E-state index is 0.275. The predicted molar refractivity (Wildman–Crippen MR) is 143 cm³/mol. The van der Waals surface area contributed by atoms with E-state index in [0.29, 0.717) is 28.6 Å². The number of rotatable bonds is 6. The normalized spacial score (nSPS) is 27.8. The summed E-state index contributed by atoms with van der Waals surface area (Å²) in [4.78, 5) is 26.2. The smallest absolute Gasteiger partial charge is 0.226 e. The number of nitrogens with zero attached hydrogens (tertiary/aromatic N) is 1. The summed E-state index contributed by atoms with van der Waals surface area (Å²) in [6, 6.07) is 10.4. The lowest BCUT2D eigenvalue weighted by atomic mass is 9.70. The first kappa shape index (κ1) is 26.2. The molecule has 2 atom stereocenters. The van der Waals surface area contributed by atoms with Gasteiger partial charge in [-0.1, -0.05) is 82.7 Å². The number of nitrogens with one attached hydrogen (secondary N) is 1. The molecule has 2 aliphatic heterocycles. The van der Waals surface area contributed by atoms with Crippen molar-refractivity contribution in [3.63, 3.8) is 0 Å². The van der Waals surface area contributed by atoms with E-state index >= 15 is 0 Å². The van der Waals surface area contributed by atoms with E-state index in [1.54, 1.807) is 0 Å². The quantitative estimate of drug-likeness (QED) is 0.482. The van der Waals surface area contributed by atoms with Gasteiger partial charge in [-0.2, -0.15) is 0 Å². The third kappa shape index (κ3) is 7.33. The Morgan fingerprint density at radius 2 is 1.37 bits per heavy atom. The van der Waals surface area contributed by atoms with Crippen LogP contribution in [0.3, 0.4) is 0 Å². The zero-order valence-corrected chi connectivity index (χ0v) is 22.3. The second-order valence-electron chi connectivity index (χ2n) is 12.7. The van der Waals surface area contributed by atoms with Gasteiger partial charge < -0.3 is 10.2 Å². The zero-order valence-electron chi connectivity index (χ0n) is 22.3. The van der Waals surface area contributed by atoms with E-state index in [9.17, 15) is 9.59 Å². The summed E-state index contributed by atoms with van der Waals surface area (Å²) < 4.78 is 0. The molecule has 2 aliphatic carbocycles. The molecule has 4 nitrogen and oxygen atoms in total. The van der Waals surface area contributed by atoms with E-state index < -0.39 is 0 Å². The van der Waals surface area contributed by atoms with E-state index in [1.807, 2.05) is 6.07 Å². The van der Waals surface area contributed by atoms with Crippen LogP contribution < -0.4 is 5.32 Å². The summed E-state index contributed by atoms with van der Waals surface area (Å²) in [6.45, 7) is 7.40. The molecule has 2 unspecified atom stereocenters. The van der Waals surface area contributed by atoms with Gasteiger partial charge in [-0.05, 0) is 67.8 Å². The summed E-state index contributed by atoms with van der Waals surface area (Å²) in [5.74, 6) is 1.29. The van der Waals surface area contributed by atoms with Crippen molar-refractivity contribution in [1.82, 2.24) is 10.2 Å². The fraction of sp³-hybridized carbons (Fsp3) is 0.742. The topological polar surface area (TPSA) is 49.4 Å². The third-order valence-corrected chi connectivity index (χ3v) is 9.39. The average molecular weight is 481 g/mol. The van der Waals surface area contributed by atoms with E-state index in [4.69, 9.17) is 0 Å². The first-order valence-corrected chi connectivity index (χ1v) is 14.5. The molecule has 2 amide bonds. The highest BCUT2D eigenvalue weighted by Crippen LogP contribution is 2.43. The summed E-state index contributed by atoms with van der Waals surface area (Å²) in [5, 5.41) is 2.94. The molecule has 4 aliphatic rings. The molecular weight excluding hydrogens is 432 g/mol. The van der Waals surface area contributed by atoms with E-state index in [1.165, 1.54) is 69.8 Å². The van der Waals surface area contributed by atoms with Gasteiger partial charge in [0.05, 0.1) is 0 Å². The number of hydrogen-bond acceptors (Lipinski definition) is 2. The minimum Gasteiger partial charge on any atom is -0.356 e. The van der Waals surface area contributed by atoms with Gasteiger partial charge in [0.2, 0.25) is 11.8 Å². The highest BCUT2D eigenvalue weighted by molar-refractivity contribution is 5.81. The van der Waals surface area contributed by atoms with Crippen molar-refractivity contribution in [1.29, 1.82) is 0 Å². The molecule has 0 aromatic heterocycles. The van der Waals surface area contributed by atoms with Crippen LogP contribution in [0, 0.1) is 22.7 Å². The minimum absolute atomic E-state index is 0.275. The number of carbonyl (C=O) groups excluding carboxylic acids is 2. The van der Waals surface area contributed by atoms with Crippen LogP contribution in [0.15, 0.2) is 30.3 Å². The Morgan fingerprint density at radius 1 is 0.800 bits per heavy atom. The number of hydrogen-bond donors (Lipinski definition) is 1. The van der Waals surface area contributed by atoms with Crippen LogP contribution in [0.2, 0.25) is 0 Å². The first-order valence-electron chi connectivity index (χ1n) is 14.5. The Kier molecular flexibility index (Phi) is 8.94. The second-order valence-corrected chi connectivity index (χ2v) is 12.7. The van der Waals surface area contributed by atoms with Crippen LogP contribution in [0.5, 0.6) is 0 Å². The highest BCUT2D eigenvalue weighted by Gasteiger charge is 2.38. The summed E-state index contributed by atoms with van der Waals surface area (Å²) >= 11 is 0. The van der Waals surface area contributed by atoms with Gasteiger partial charge in [-0.15, -0.1) is 0 Å². The third-order valence-electron chi connectivity index (χ3n) is 9.39. The molecule has 1 aromatic rings. The van der Waals surface area contributed by atoms with Gasteiger partial charge in [0.25, 0.3) is 0 Å². The Balaban J connectivity index is 0.000000179. The number of amides is 2. The van der Waals surface area contributed by atoms with Crippen molar-refractivity contribution in [2.24, 2.45) is 22.7 Å². The largest absolute Gasteiger partial charge is 0.356 e. The van der Waals surface area contributed by atoms with E-state index in [0.717, 1.165) is 45.3 Å². The van der Waals surface area contributed by atoms with Crippen LogP contribution in [0.25, 0.3) is 0 Å². The molecule has 4 heteroatoms. The summed E-state index contributed by atoms with van der Waals surface area (Å²) in [7, 11) is 0. The molecule has 2 heterocycles. The molecule has 1 N–H and O–H groups in total. The predicted octanol–water partition coefficient (Wildman–Crippen LogP) is 6.88. The SMILES string of the molecule is CC1(CC2CCN(Cc3ccccc3)C2=O)CCCCC1.CC1(CC2CCNC2=O)CCCCC1. The highest BCUT2D eigenvalue weighted by atomic mass is 16.2. The Labute approximate surface area is 213 Å². The fourth-order valence-electron chi connectivity index (χ4n) is 7.20. The van der Waals surface area contributed by atoms with Crippen LogP contribution in [0.4, 0.5) is 0 Å². The van der Waals surface area contributed by atoms with Crippen LogP contribution in [-0.2, 0) is 16.1 Å². The van der Waals surface area contributed by atoms with Gasteiger partial charge in [0.1, 0.15) is 0 Å². The number of carbonyl (C=O) groups is 2. The van der Waals surface area contributed by atoms with E-state index in [2.05, 4.69) is 48.3 Å². The zero-order chi connectivity index (χ0) is 24.7. The number of benzene rings is 1. The standard InChI is InChI=1S/C19H27NO.C12H21NO/c1-19(11-6-3-7-12-19)14-17-10-13-20(18(17)21)15-16-8-4-2-5-9-16;1-12(6-3-2-4-7-12)9-10-5-8-13-11(10)14/h2,4-5,8-9,17H,3,6-7,10-15H2,1H3;10H,2-9H2,1H3,(H,13,14).